The number of halogens is 6. The van der Waals surface area contributed by atoms with E-state index >= 15 is 0 Å². The Morgan fingerprint density at radius 3 is 2.33 bits per heavy atom. The van der Waals surface area contributed by atoms with Gasteiger partial charge in [-0.2, -0.15) is 31.4 Å². The number of methoxy groups -OCH3 is 2. The van der Waals surface area contributed by atoms with Crippen LogP contribution >= 0.6 is 11.9 Å². The van der Waals surface area contributed by atoms with Crippen molar-refractivity contribution in [3.63, 3.8) is 0 Å². The summed E-state index contributed by atoms with van der Waals surface area (Å²) in [7, 11) is 3.34. The van der Waals surface area contributed by atoms with Crippen molar-refractivity contribution in [3.05, 3.63) is 48.4 Å². The predicted octanol–water partition coefficient (Wildman–Crippen LogP) is 6.34. The number of benzene rings is 1. The maximum Gasteiger partial charge on any atom is 0.419 e. The fourth-order valence-corrected chi connectivity index (χ4v) is 6.71. The number of rotatable bonds is 10. The molecular weight excluding hydrogens is 624 g/mol. The summed E-state index contributed by atoms with van der Waals surface area (Å²) in [4.78, 5) is 11.4. The molecule has 2 aliphatic heterocycles. The van der Waals surface area contributed by atoms with Crippen LogP contribution in [0.1, 0.15) is 31.2 Å². The first-order chi connectivity index (χ1) is 21.4. The predicted molar refractivity (Wildman–Crippen MR) is 158 cm³/mol. The SMILES string of the molecule is COC(OC)C1CCN(c2cccc(SN3CCC(Nc4ncc(C(F)(F)F)c(-c5cnn(CC(F)(F)F)c5)n4)CC3)c2)CC1. The summed E-state index contributed by atoms with van der Waals surface area (Å²) in [6, 6.07) is 8.34. The first-order valence-corrected chi connectivity index (χ1v) is 15.3. The lowest BCUT2D eigenvalue weighted by Crippen LogP contribution is -2.39. The molecule has 0 saturated carbocycles. The summed E-state index contributed by atoms with van der Waals surface area (Å²) in [6.45, 7) is 1.87. The lowest BCUT2D eigenvalue weighted by Gasteiger charge is -2.36. The Balaban J connectivity index is 1.17. The van der Waals surface area contributed by atoms with Gasteiger partial charge in [0.1, 0.15) is 12.1 Å². The molecule has 0 bridgehead atoms. The molecule has 45 heavy (non-hydrogen) atoms. The Morgan fingerprint density at radius 2 is 1.69 bits per heavy atom. The number of hydrogen-bond donors (Lipinski definition) is 1. The van der Waals surface area contributed by atoms with Crippen LogP contribution in [0.3, 0.4) is 0 Å². The molecule has 0 spiro atoms. The lowest BCUT2D eigenvalue weighted by atomic mass is 9.95. The number of hydrogen-bond acceptors (Lipinski definition) is 9. The van der Waals surface area contributed by atoms with Gasteiger partial charge in [0.05, 0.1) is 11.9 Å². The minimum Gasteiger partial charge on any atom is -0.371 e. The average Bonchev–Trinajstić information content (AvgIpc) is 3.45. The molecule has 0 unspecified atom stereocenters. The zero-order valence-corrected chi connectivity index (χ0v) is 25.6. The van der Waals surface area contributed by atoms with E-state index in [0.717, 1.165) is 56.3 Å². The molecule has 1 N–H and O–H groups in total. The van der Waals surface area contributed by atoms with Crippen LogP contribution in [-0.2, 0) is 22.2 Å². The van der Waals surface area contributed by atoms with Gasteiger partial charge in [-0.05, 0) is 55.8 Å². The maximum absolute atomic E-state index is 13.7. The first kappa shape index (κ1) is 33.3. The summed E-state index contributed by atoms with van der Waals surface area (Å²) in [6.07, 6.45) is -3.69. The third kappa shape index (κ3) is 8.80. The van der Waals surface area contributed by atoms with Crippen LogP contribution < -0.4 is 10.2 Å². The smallest absolute Gasteiger partial charge is 0.371 e. The molecule has 9 nitrogen and oxygen atoms in total. The molecule has 2 fully saturated rings. The van der Waals surface area contributed by atoms with Crippen molar-refractivity contribution in [3.8, 4) is 11.3 Å². The van der Waals surface area contributed by atoms with Gasteiger partial charge in [-0.15, -0.1) is 0 Å². The van der Waals surface area contributed by atoms with Gasteiger partial charge >= 0.3 is 12.4 Å². The largest absolute Gasteiger partial charge is 0.419 e. The third-order valence-corrected chi connectivity index (χ3v) is 9.02. The highest BCUT2D eigenvalue weighted by molar-refractivity contribution is 7.97. The fourth-order valence-electron chi connectivity index (χ4n) is 5.71. The van der Waals surface area contributed by atoms with Crippen LogP contribution in [0.2, 0.25) is 0 Å². The Morgan fingerprint density at radius 1 is 0.978 bits per heavy atom. The standard InChI is InChI=1S/C29H35F6N7O2S/c1-43-26(44-2)19-6-10-40(11-7-19)22-4-3-5-23(14-22)45-42-12-8-21(9-13-42)38-27-36-16-24(29(33,34)35)25(39-27)20-15-37-41(17-20)18-28(30,31)32/h3-5,14-17,19,21,26H,6-13,18H2,1-2H3,(H,36,38,39). The van der Waals surface area contributed by atoms with Crippen LogP contribution in [0.5, 0.6) is 0 Å². The van der Waals surface area contributed by atoms with Crippen molar-refractivity contribution in [2.24, 2.45) is 5.92 Å². The van der Waals surface area contributed by atoms with Gasteiger partial charge in [0, 0.05) is 80.9 Å². The second-order valence-electron chi connectivity index (χ2n) is 11.1. The fraction of sp³-hybridized carbons (Fsp3) is 0.552. The van der Waals surface area contributed by atoms with Crippen molar-refractivity contribution in [2.45, 2.75) is 61.8 Å². The Bertz CT molecular complexity index is 1400. The van der Waals surface area contributed by atoms with Gasteiger partial charge in [-0.3, -0.25) is 4.68 Å². The Kier molecular flexibility index (Phi) is 10.5. The monoisotopic (exact) mass is 659 g/mol. The van der Waals surface area contributed by atoms with E-state index in [1.54, 1.807) is 26.2 Å². The van der Waals surface area contributed by atoms with Gasteiger partial charge in [0.2, 0.25) is 5.95 Å². The highest BCUT2D eigenvalue weighted by atomic mass is 32.2. The van der Waals surface area contributed by atoms with Crippen LogP contribution in [0.25, 0.3) is 11.3 Å². The summed E-state index contributed by atoms with van der Waals surface area (Å²) in [5.74, 6) is 0.344. The molecular formula is C29H35F6N7O2S. The van der Waals surface area contributed by atoms with Gasteiger partial charge in [-0.25, -0.2) is 14.3 Å². The number of aromatic nitrogens is 4. The van der Waals surface area contributed by atoms with Crippen LogP contribution in [0.4, 0.5) is 38.0 Å². The van der Waals surface area contributed by atoms with Gasteiger partial charge in [0.25, 0.3) is 0 Å². The van der Waals surface area contributed by atoms with E-state index in [1.807, 2.05) is 0 Å². The lowest BCUT2D eigenvalue weighted by molar-refractivity contribution is -0.142. The van der Waals surface area contributed by atoms with Gasteiger partial charge < -0.3 is 19.7 Å². The second-order valence-corrected chi connectivity index (χ2v) is 12.3. The number of anilines is 2. The quantitative estimate of drug-likeness (QED) is 0.152. The highest BCUT2D eigenvalue weighted by Crippen LogP contribution is 2.37. The number of nitrogens with one attached hydrogen (secondary N) is 1. The second kappa shape index (κ2) is 14.1. The van der Waals surface area contributed by atoms with Crippen LogP contribution in [0, 0.1) is 5.92 Å². The number of ether oxygens (including phenoxy) is 2. The molecule has 0 aliphatic carbocycles. The van der Waals surface area contributed by atoms with Crippen molar-refractivity contribution < 1.29 is 35.8 Å². The normalized spacial score (nSPS) is 17.8. The summed E-state index contributed by atoms with van der Waals surface area (Å²) in [5.41, 5.74) is -0.682. The van der Waals surface area contributed by atoms with Gasteiger partial charge in [-0.1, -0.05) is 6.07 Å². The molecule has 246 valence electrons. The van der Waals surface area contributed by atoms with E-state index in [0.29, 0.717) is 29.6 Å². The Labute approximate surface area is 261 Å². The van der Waals surface area contributed by atoms with E-state index in [-0.39, 0.29) is 23.8 Å². The molecule has 2 aliphatic rings. The number of nitrogens with zero attached hydrogens (tertiary/aromatic N) is 6. The third-order valence-electron chi connectivity index (χ3n) is 7.94. The van der Waals surface area contributed by atoms with Crippen molar-refractivity contribution in [2.75, 3.05) is 50.6 Å². The molecule has 5 rings (SSSR count). The number of piperidine rings is 2. The molecule has 1 aromatic carbocycles. The molecule has 16 heteroatoms. The first-order valence-electron chi connectivity index (χ1n) is 14.6. The molecule has 2 saturated heterocycles. The topological polar surface area (TPSA) is 80.6 Å². The van der Waals surface area contributed by atoms with Crippen molar-refractivity contribution in [1.82, 2.24) is 24.1 Å². The highest BCUT2D eigenvalue weighted by Gasteiger charge is 2.36. The van der Waals surface area contributed by atoms with E-state index in [2.05, 4.69) is 53.9 Å². The van der Waals surface area contributed by atoms with E-state index in [9.17, 15) is 26.3 Å². The van der Waals surface area contributed by atoms with Crippen LogP contribution in [-0.4, -0.2) is 83.0 Å². The molecule has 2 aromatic heterocycles. The van der Waals surface area contributed by atoms with E-state index in [4.69, 9.17) is 9.47 Å². The molecule has 0 radical (unpaired) electrons. The zero-order valence-electron chi connectivity index (χ0n) is 24.8. The number of alkyl halides is 6. The molecule has 0 amide bonds. The van der Waals surface area contributed by atoms with E-state index in [1.165, 1.54) is 5.69 Å². The Hall–Kier alpha value is -3.08. The summed E-state index contributed by atoms with van der Waals surface area (Å²) < 4.78 is 93.0. The minimum atomic E-state index is -4.80. The molecule has 0 atom stereocenters. The average molecular weight is 660 g/mol. The zero-order chi connectivity index (χ0) is 32.2. The van der Waals surface area contributed by atoms with Crippen LogP contribution in [0.15, 0.2) is 47.8 Å². The summed E-state index contributed by atoms with van der Waals surface area (Å²) >= 11 is 1.67. The molecule has 3 aromatic rings. The molecule has 4 heterocycles. The minimum absolute atomic E-state index is 0.0218. The van der Waals surface area contributed by atoms with Gasteiger partial charge in [0.15, 0.2) is 6.29 Å². The maximum atomic E-state index is 13.7. The van der Waals surface area contributed by atoms with Crippen molar-refractivity contribution in [1.29, 1.82) is 0 Å². The van der Waals surface area contributed by atoms with E-state index < -0.39 is 30.2 Å². The van der Waals surface area contributed by atoms with Crippen molar-refractivity contribution >= 4 is 23.6 Å². The summed E-state index contributed by atoms with van der Waals surface area (Å²) in [5, 5.41) is 6.68.